The molecule has 7 heteroatoms. The number of fused-ring (bicyclic) bond motifs is 1. The molecule has 0 saturated heterocycles. The molecule has 0 aliphatic carbocycles. The number of nitrogens with zero attached hydrogens (tertiary/aromatic N) is 2. The fourth-order valence-corrected chi connectivity index (χ4v) is 4.68. The van der Waals surface area contributed by atoms with Gasteiger partial charge in [-0.2, -0.15) is 5.10 Å². The molecule has 1 atom stereocenters. The van der Waals surface area contributed by atoms with Gasteiger partial charge in [0.1, 0.15) is 22.9 Å². The number of halogens is 1. The Bertz CT molecular complexity index is 1370. The lowest BCUT2D eigenvalue weighted by Crippen LogP contribution is -2.29. The number of carbonyl (C=O) groups is 1. The number of phenols is 1. The SMILES string of the molecule is CCCOc1ccc(C2c3c(-c4cc(Cl)c(C)cc4O)n[nH]c3C(=O)N2Cc2ccccc2)cc1. The van der Waals surface area contributed by atoms with E-state index in [4.69, 9.17) is 16.3 Å². The highest BCUT2D eigenvalue weighted by atomic mass is 35.5. The van der Waals surface area contributed by atoms with Gasteiger partial charge in [0.15, 0.2) is 0 Å². The molecule has 2 N–H and O–H groups in total. The van der Waals surface area contributed by atoms with Crippen molar-refractivity contribution in [3.8, 4) is 22.8 Å². The van der Waals surface area contributed by atoms with Crippen LogP contribution in [0.1, 0.15) is 52.1 Å². The number of aryl methyl sites for hydroxylation is 1. The largest absolute Gasteiger partial charge is 0.507 e. The first-order chi connectivity index (χ1) is 17.0. The van der Waals surface area contributed by atoms with Crippen molar-refractivity contribution in [1.29, 1.82) is 0 Å². The number of rotatable bonds is 7. The lowest BCUT2D eigenvalue weighted by Gasteiger charge is -2.27. The summed E-state index contributed by atoms with van der Waals surface area (Å²) in [4.78, 5) is 15.4. The third-order valence-corrected chi connectivity index (χ3v) is 6.67. The minimum Gasteiger partial charge on any atom is -0.507 e. The number of hydrogen-bond donors (Lipinski definition) is 2. The Kier molecular flexibility index (Phi) is 6.22. The van der Waals surface area contributed by atoms with E-state index in [0.717, 1.165) is 34.4 Å². The van der Waals surface area contributed by atoms with Crippen LogP contribution >= 0.6 is 11.6 Å². The Morgan fingerprint density at radius 2 is 1.86 bits per heavy atom. The van der Waals surface area contributed by atoms with Gasteiger partial charge in [0, 0.05) is 22.7 Å². The molecule has 1 aromatic heterocycles. The molecule has 178 valence electrons. The van der Waals surface area contributed by atoms with E-state index in [0.29, 0.717) is 35.1 Å². The molecular formula is C28H26ClN3O3. The lowest BCUT2D eigenvalue weighted by molar-refractivity contribution is 0.0730. The summed E-state index contributed by atoms with van der Waals surface area (Å²) in [6.07, 6.45) is 0.925. The fourth-order valence-electron chi connectivity index (χ4n) is 4.51. The quantitative estimate of drug-likeness (QED) is 0.321. The van der Waals surface area contributed by atoms with E-state index in [9.17, 15) is 9.90 Å². The van der Waals surface area contributed by atoms with Crippen LogP contribution in [0, 0.1) is 6.92 Å². The zero-order valence-electron chi connectivity index (χ0n) is 19.6. The Labute approximate surface area is 209 Å². The standard InChI is InChI=1S/C28H26ClN3O3/c1-3-13-35-20-11-9-19(10-12-20)27-24-25(21-15-22(29)17(2)14-23(21)33)30-31-26(24)28(34)32(27)16-18-7-5-4-6-8-18/h4-12,14-15,27,33H,3,13,16H2,1-2H3,(H,30,31). The van der Waals surface area contributed by atoms with Crippen molar-refractivity contribution in [2.75, 3.05) is 6.61 Å². The number of aromatic nitrogens is 2. The second-order valence-electron chi connectivity index (χ2n) is 8.72. The molecule has 35 heavy (non-hydrogen) atoms. The molecular weight excluding hydrogens is 462 g/mol. The number of nitrogens with one attached hydrogen (secondary N) is 1. The van der Waals surface area contributed by atoms with Crippen molar-refractivity contribution in [2.24, 2.45) is 0 Å². The van der Waals surface area contributed by atoms with Gasteiger partial charge in [0.25, 0.3) is 5.91 Å². The summed E-state index contributed by atoms with van der Waals surface area (Å²) in [5.41, 5.74) is 4.86. The number of hydrogen-bond acceptors (Lipinski definition) is 4. The van der Waals surface area contributed by atoms with Gasteiger partial charge in [-0.25, -0.2) is 0 Å². The number of phenolic OH excluding ortho intramolecular Hbond substituents is 1. The van der Waals surface area contributed by atoms with Crippen LogP contribution in [-0.4, -0.2) is 32.7 Å². The van der Waals surface area contributed by atoms with Crippen molar-refractivity contribution in [3.05, 3.63) is 99.7 Å². The molecule has 3 aromatic carbocycles. The molecule has 0 saturated carbocycles. The summed E-state index contributed by atoms with van der Waals surface area (Å²) in [7, 11) is 0. The lowest BCUT2D eigenvalue weighted by atomic mass is 9.95. The third kappa shape index (κ3) is 4.26. The number of aromatic hydroxyl groups is 1. The topological polar surface area (TPSA) is 78.5 Å². The van der Waals surface area contributed by atoms with E-state index in [-0.39, 0.29) is 11.7 Å². The number of aromatic amines is 1. The highest BCUT2D eigenvalue weighted by Crippen LogP contribution is 2.46. The van der Waals surface area contributed by atoms with Crippen LogP contribution in [0.3, 0.4) is 0 Å². The number of ether oxygens (including phenoxy) is 1. The van der Waals surface area contributed by atoms with Crippen molar-refractivity contribution in [3.63, 3.8) is 0 Å². The predicted octanol–water partition coefficient (Wildman–Crippen LogP) is 6.28. The normalized spacial score (nSPS) is 14.9. The van der Waals surface area contributed by atoms with Gasteiger partial charge in [0.2, 0.25) is 0 Å². The summed E-state index contributed by atoms with van der Waals surface area (Å²) >= 11 is 6.39. The fraction of sp³-hybridized carbons (Fsp3) is 0.214. The van der Waals surface area contributed by atoms with Crippen molar-refractivity contribution in [1.82, 2.24) is 15.1 Å². The average Bonchev–Trinajstić information content (AvgIpc) is 3.40. The van der Waals surface area contributed by atoms with Crippen LogP contribution in [-0.2, 0) is 6.54 Å². The summed E-state index contributed by atoms with van der Waals surface area (Å²) in [6, 6.07) is 20.6. The first kappa shape index (κ1) is 23.0. The van der Waals surface area contributed by atoms with Gasteiger partial charge in [-0.05, 0) is 54.3 Å². The van der Waals surface area contributed by atoms with Crippen LogP contribution in [0.2, 0.25) is 5.02 Å². The van der Waals surface area contributed by atoms with Crippen molar-refractivity contribution < 1.29 is 14.6 Å². The maximum Gasteiger partial charge on any atom is 0.273 e. The summed E-state index contributed by atoms with van der Waals surface area (Å²) in [5.74, 6) is 0.707. The van der Waals surface area contributed by atoms with Crippen molar-refractivity contribution >= 4 is 17.5 Å². The molecule has 1 aliphatic heterocycles. The summed E-state index contributed by atoms with van der Waals surface area (Å²) in [5, 5.41) is 18.6. The second kappa shape index (κ2) is 9.47. The molecule has 1 aliphatic rings. The highest BCUT2D eigenvalue weighted by Gasteiger charge is 2.42. The van der Waals surface area contributed by atoms with Gasteiger partial charge in [-0.15, -0.1) is 0 Å². The first-order valence-corrected chi connectivity index (χ1v) is 12.0. The zero-order chi connectivity index (χ0) is 24.5. The summed E-state index contributed by atoms with van der Waals surface area (Å²) in [6.45, 7) is 4.97. The Balaban J connectivity index is 1.62. The minimum absolute atomic E-state index is 0.0669. The molecule has 0 spiro atoms. The van der Waals surface area contributed by atoms with Crippen LogP contribution in [0.15, 0.2) is 66.7 Å². The maximum atomic E-state index is 13.6. The van der Waals surface area contributed by atoms with E-state index in [1.807, 2.05) is 66.4 Å². The van der Waals surface area contributed by atoms with Gasteiger partial charge in [-0.3, -0.25) is 9.89 Å². The van der Waals surface area contributed by atoms with E-state index in [1.165, 1.54) is 0 Å². The minimum atomic E-state index is -0.397. The smallest absolute Gasteiger partial charge is 0.273 e. The van der Waals surface area contributed by atoms with Crippen molar-refractivity contribution in [2.45, 2.75) is 32.9 Å². The van der Waals surface area contributed by atoms with E-state index < -0.39 is 6.04 Å². The Hall–Kier alpha value is -3.77. The van der Waals surface area contributed by atoms with E-state index in [1.54, 1.807) is 12.1 Å². The molecule has 4 aromatic rings. The summed E-state index contributed by atoms with van der Waals surface area (Å²) < 4.78 is 5.76. The molecule has 2 heterocycles. The molecule has 0 bridgehead atoms. The average molecular weight is 488 g/mol. The molecule has 1 amide bonds. The second-order valence-corrected chi connectivity index (χ2v) is 9.13. The third-order valence-electron chi connectivity index (χ3n) is 6.26. The Morgan fingerprint density at radius 1 is 1.11 bits per heavy atom. The van der Waals surface area contributed by atoms with Gasteiger partial charge in [0.05, 0.1) is 12.6 Å². The van der Waals surface area contributed by atoms with Gasteiger partial charge < -0.3 is 14.7 Å². The molecule has 1 unspecified atom stereocenters. The number of amides is 1. The zero-order valence-corrected chi connectivity index (χ0v) is 20.3. The van der Waals surface area contributed by atoms with Crippen LogP contribution < -0.4 is 4.74 Å². The van der Waals surface area contributed by atoms with E-state index >= 15 is 0 Å². The molecule has 0 fully saturated rings. The number of benzene rings is 3. The predicted molar refractivity (Wildman–Crippen MR) is 136 cm³/mol. The number of carbonyl (C=O) groups excluding carboxylic acids is 1. The molecule has 5 rings (SSSR count). The molecule has 6 nitrogen and oxygen atoms in total. The van der Waals surface area contributed by atoms with Gasteiger partial charge in [-0.1, -0.05) is 61.0 Å². The van der Waals surface area contributed by atoms with Crippen LogP contribution in [0.5, 0.6) is 11.5 Å². The van der Waals surface area contributed by atoms with Gasteiger partial charge >= 0.3 is 0 Å². The monoisotopic (exact) mass is 487 g/mol. The highest BCUT2D eigenvalue weighted by molar-refractivity contribution is 6.31. The first-order valence-electron chi connectivity index (χ1n) is 11.6. The van der Waals surface area contributed by atoms with Crippen LogP contribution in [0.25, 0.3) is 11.3 Å². The number of H-pyrrole nitrogens is 1. The maximum absolute atomic E-state index is 13.6. The van der Waals surface area contributed by atoms with E-state index in [2.05, 4.69) is 17.1 Å². The molecule has 0 radical (unpaired) electrons. The van der Waals surface area contributed by atoms with Crippen LogP contribution in [0.4, 0.5) is 0 Å². The Morgan fingerprint density at radius 3 is 2.57 bits per heavy atom.